The second kappa shape index (κ2) is 6.55. The lowest BCUT2D eigenvalue weighted by Crippen LogP contribution is -2.44. The number of carbonyl (C=O) groups excluding carboxylic acids is 1. The molecule has 0 aliphatic rings. The lowest BCUT2D eigenvalue weighted by atomic mass is 10.0. The molecule has 16 heavy (non-hydrogen) atoms. The van der Waals surface area contributed by atoms with E-state index in [9.17, 15) is 4.79 Å². The second-order valence-electron chi connectivity index (χ2n) is 4.04. The summed E-state index contributed by atoms with van der Waals surface area (Å²) in [6.45, 7) is 4.33. The standard InChI is InChI=1S/C11H18N2O2.ClH/c1-8(2)10(12)11(14)13(3)7-9-5-4-6-15-9;/h4-6,8,10H,7,12H2,1-3H3;1H/t10-;/m1./s1. The van der Waals surface area contributed by atoms with Crippen LogP contribution in [0.4, 0.5) is 0 Å². The smallest absolute Gasteiger partial charge is 0.239 e. The zero-order chi connectivity index (χ0) is 11.4. The number of hydrogen-bond acceptors (Lipinski definition) is 3. The number of hydrogen-bond donors (Lipinski definition) is 1. The summed E-state index contributed by atoms with van der Waals surface area (Å²) in [6, 6.07) is 3.20. The minimum atomic E-state index is -0.440. The minimum absolute atomic E-state index is 0. The van der Waals surface area contributed by atoms with Crippen molar-refractivity contribution in [2.75, 3.05) is 7.05 Å². The van der Waals surface area contributed by atoms with E-state index in [-0.39, 0.29) is 24.2 Å². The summed E-state index contributed by atoms with van der Waals surface area (Å²) in [5, 5.41) is 0. The molecule has 0 aliphatic carbocycles. The monoisotopic (exact) mass is 246 g/mol. The molecular formula is C11H19ClN2O2. The summed E-state index contributed by atoms with van der Waals surface area (Å²) < 4.78 is 5.16. The van der Waals surface area contributed by atoms with Crippen molar-refractivity contribution in [1.82, 2.24) is 4.90 Å². The van der Waals surface area contributed by atoms with Crippen LogP contribution in [0, 0.1) is 5.92 Å². The predicted molar refractivity (Wildman–Crippen MR) is 65.2 cm³/mol. The summed E-state index contributed by atoms with van der Waals surface area (Å²) in [4.78, 5) is 13.4. The molecule has 2 N–H and O–H groups in total. The molecule has 0 unspecified atom stereocenters. The van der Waals surface area contributed by atoms with Gasteiger partial charge in [0.15, 0.2) is 0 Å². The van der Waals surface area contributed by atoms with Gasteiger partial charge in [0, 0.05) is 7.05 Å². The Morgan fingerprint density at radius 1 is 1.56 bits per heavy atom. The van der Waals surface area contributed by atoms with Crippen LogP contribution in [0.3, 0.4) is 0 Å². The molecule has 0 aliphatic heterocycles. The Morgan fingerprint density at radius 3 is 2.62 bits per heavy atom. The average Bonchev–Trinajstić information content (AvgIpc) is 2.67. The Balaban J connectivity index is 0.00000225. The van der Waals surface area contributed by atoms with Crippen LogP contribution in [0.5, 0.6) is 0 Å². The molecule has 1 aromatic heterocycles. The Hall–Kier alpha value is -1.00. The summed E-state index contributed by atoms with van der Waals surface area (Å²) in [6.07, 6.45) is 1.59. The van der Waals surface area contributed by atoms with E-state index in [1.54, 1.807) is 24.3 Å². The van der Waals surface area contributed by atoms with Gasteiger partial charge in [-0.05, 0) is 18.1 Å². The molecule has 92 valence electrons. The highest BCUT2D eigenvalue weighted by molar-refractivity contribution is 5.85. The number of likely N-dealkylation sites (N-methyl/N-ethyl adjacent to an activating group) is 1. The van der Waals surface area contributed by atoms with E-state index in [0.29, 0.717) is 6.54 Å². The first-order chi connectivity index (χ1) is 7.02. The fourth-order valence-electron chi connectivity index (χ4n) is 1.25. The first-order valence-electron chi connectivity index (χ1n) is 5.05. The molecule has 1 atom stereocenters. The topological polar surface area (TPSA) is 59.5 Å². The average molecular weight is 247 g/mol. The van der Waals surface area contributed by atoms with Gasteiger partial charge >= 0.3 is 0 Å². The van der Waals surface area contributed by atoms with Crippen LogP contribution < -0.4 is 5.73 Å². The summed E-state index contributed by atoms with van der Waals surface area (Å²) in [7, 11) is 1.73. The lowest BCUT2D eigenvalue weighted by Gasteiger charge is -2.22. The Morgan fingerprint density at radius 2 is 2.19 bits per heavy atom. The zero-order valence-electron chi connectivity index (χ0n) is 9.84. The predicted octanol–water partition coefficient (Wildman–Crippen LogP) is 1.64. The second-order valence-corrected chi connectivity index (χ2v) is 4.04. The van der Waals surface area contributed by atoms with Gasteiger partial charge in [-0.3, -0.25) is 4.79 Å². The van der Waals surface area contributed by atoms with E-state index in [2.05, 4.69) is 0 Å². The number of nitrogens with zero attached hydrogens (tertiary/aromatic N) is 1. The molecule has 1 rings (SSSR count). The van der Waals surface area contributed by atoms with Gasteiger partial charge in [-0.25, -0.2) is 0 Å². The van der Waals surface area contributed by atoms with Gasteiger partial charge in [-0.2, -0.15) is 0 Å². The van der Waals surface area contributed by atoms with Gasteiger partial charge in [-0.15, -0.1) is 12.4 Å². The van der Waals surface area contributed by atoms with Gasteiger partial charge in [-0.1, -0.05) is 13.8 Å². The first kappa shape index (κ1) is 15.0. The molecule has 4 nitrogen and oxygen atoms in total. The molecule has 0 fully saturated rings. The highest BCUT2D eigenvalue weighted by atomic mass is 35.5. The van der Waals surface area contributed by atoms with Crippen LogP contribution in [-0.2, 0) is 11.3 Å². The van der Waals surface area contributed by atoms with Crippen molar-refractivity contribution in [3.8, 4) is 0 Å². The molecule has 1 amide bonds. The summed E-state index contributed by atoms with van der Waals surface area (Å²) in [5.74, 6) is 0.861. The fraction of sp³-hybridized carbons (Fsp3) is 0.545. The molecule has 1 aromatic rings. The first-order valence-corrected chi connectivity index (χ1v) is 5.05. The number of rotatable bonds is 4. The SMILES string of the molecule is CC(C)[C@@H](N)C(=O)N(C)Cc1ccco1.Cl. The van der Waals surface area contributed by atoms with Gasteiger partial charge in [0.1, 0.15) is 5.76 Å². The highest BCUT2D eigenvalue weighted by Crippen LogP contribution is 2.07. The third-order valence-corrected chi connectivity index (χ3v) is 2.35. The van der Waals surface area contributed by atoms with Crippen molar-refractivity contribution in [2.45, 2.75) is 26.4 Å². The number of carbonyl (C=O) groups is 1. The van der Waals surface area contributed by atoms with Crippen molar-refractivity contribution >= 4 is 18.3 Å². The molecule has 0 bridgehead atoms. The maximum atomic E-state index is 11.8. The van der Waals surface area contributed by atoms with E-state index in [0.717, 1.165) is 5.76 Å². The maximum absolute atomic E-state index is 11.8. The number of halogens is 1. The Bertz CT molecular complexity index is 312. The zero-order valence-corrected chi connectivity index (χ0v) is 10.7. The van der Waals surface area contributed by atoms with Crippen LogP contribution in [0.2, 0.25) is 0 Å². The molecule has 0 radical (unpaired) electrons. The van der Waals surface area contributed by atoms with Gasteiger partial charge in [0.2, 0.25) is 5.91 Å². The molecule has 5 heteroatoms. The van der Waals surface area contributed by atoms with Gasteiger partial charge in [0.25, 0.3) is 0 Å². The lowest BCUT2D eigenvalue weighted by molar-refractivity contribution is -0.133. The third kappa shape index (κ3) is 3.87. The van der Waals surface area contributed by atoms with Crippen molar-refractivity contribution in [3.05, 3.63) is 24.2 Å². The van der Waals surface area contributed by atoms with E-state index in [1.807, 2.05) is 19.9 Å². The van der Waals surface area contributed by atoms with Crippen molar-refractivity contribution in [3.63, 3.8) is 0 Å². The van der Waals surface area contributed by atoms with E-state index >= 15 is 0 Å². The quantitative estimate of drug-likeness (QED) is 0.879. The Kier molecular flexibility index (Phi) is 6.14. The minimum Gasteiger partial charge on any atom is -0.467 e. The van der Waals surface area contributed by atoms with Crippen LogP contribution in [0.1, 0.15) is 19.6 Å². The molecule has 0 saturated heterocycles. The van der Waals surface area contributed by atoms with E-state index < -0.39 is 6.04 Å². The number of amides is 1. The van der Waals surface area contributed by atoms with Gasteiger partial charge in [0.05, 0.1) is 18.8 Å². The van der Waals surface area contributed by atoms with Crippen LogP contribution >= 0.6 is 12.4 Å². The molecule has 0 aromatic carbocycles. The van der Waals surface area contributed by atoms with Crippen LogP contribution in [0.15, 0.2) is 22.8 Å². The van der Waals surface area contributed by atoms with Crippen LogP contribution in [-0.4, -0.2) is 23.9 Å². The van der Waals surface area contributed by atoms with E-state index in [4.69, 9.17) is 10.2 Å². The summed E-state index contributed by atoms with van der Waals surface area (Å²) in [5.41, 5.74) is 5.77. The number of furan rings is 1. The normalized spacial score (nSPS) is 12.1. The molecular weight excluding hydrogens is 228 g/mol. The van der Waals surface area contributed by atoms with Crippen molar-refractivity contribution in [1.29, 1.82) is 0 Å². The fourth-order valence-corrected chi connectivity index (χ4v) is 1.25. The van der Waals surface area contributed by atoms with E-state index in [1.165, 1.54) is 0 Å². The molecule has 0 spiro atoms. The van der Waals surface area contributed by atoms with Crippen molar-refractivity contribution in [2.24, 2.45) is 11.7 Å². The molecule has 1 heterocycles. The van der Waals surface area contributed by atoms with Crippen LogP contribution in [0.25, 0.3) is 0 Å². The maximum Gasteiger partial charge on any atom is 0.239 e. The Labute approximate surface area is 102 Å². The van der Waals surface area contributed by atoms with Gasteiger partial charge < -0.3 is 15.1 Å². The summed E-state index contributed by atoms with van der Waals surface area (Å²) >= 11 is 0. The highest BCUT2D eigenvalue weighted by Gasteiger charge is 2.21. The largest absolute Gasteiger partial charge is 0.467 e. The molecule has 0 saturated carbocycles. The van der Waals surface area contributed by atoms with Crippen molar-refractivity contribution < 1.29 is 9.21 Å². The third-order valence-electron chi connectivity index (χ3n) is 2.35. The number of nitrogens with two attached hydrogens (primary N) is 1.